The van der Waals surface area contributed by atoms with Crippen molar-refractivity contribution in [1.82, 2.24) is 20.6 Å². The van der Waals surface area contributed by atoms with Gasteiger partial charge in [-0.1, -0.05) is 35.0 Å². The summed E-state index contributed by atoms with van der Waals surface area (Å²) in [5, 5.41) is 17.0. The highest BCUT2D eigenvalue weighted by molar-refractivity contribution is 5.96. The number of rotatable bonds is 6. The molecule has 0 saturated carbocycles. The highest BCUT2D eigenvalue weighted by Crippen LogP contribution is 2.23. The Hall–Kier alpha value is -3.22. The summed E-state index contributed by atoms with van der Waals surface area (Å²) in [6.07, 6.45) is 0.459. The van der Waals surface area contributed by atoms with E-state index in [4.69, 9.17) is 4.74 Å². The Bertz CT molecular complexity index is 875. The van der Waals surface area contributed by atoms with Crippen LogP contribution in [0, 0.1) is 13.8 Å². The zero-order valence-electron chi connectivity index (χ0n) is 15.0. The lowest BCUT2D eigenvalue weighted by Crippen LogP contribution is -2.24. The highest BCUT2D eigenvalue weighted by Gasteiger charge is 2.25. The standard InChI is InChI=1S/C19H21N5O2/c1-12-4-9-17(13(2)10-12)20-19(25)16(18-21-23-24-22-18)11-14-5-7-15(26-3)8-6-14/h4-10,16H,11H2,1-3H3,(H,20,25)(H,21,22,23,24)/t16-/m0/s1. The maximum absolute atomic E-state index is 12.9. The van der Waals surface area contributed by atoms with E-state index in [1.54, 1.807) is 7.11 Å². The van der Waals surface area contributed by atoms with E-state index < -0.39 is 5.92 Å². The number of hydrogen-bond donors (Lipinski definition) is 2. The van der Waals surface area contributed by atoms with Crippen LogP contribution in [0.25, 0.3) is 0 Å². The van der Waals surface area contributed by atoms with Gasteiger partial charge in [0.25, 0.3) is 0 Å². The number of carbonyl (C=O) groups is 1. The number of anilines is 1. The Morgan fingerprint density at radius 3 is 2.58 bits per heavy atom. The van der Waals surface area contributed by atoms with E-state index in [0.717, 1.165) is 28.1 Å². The molecule has 2 aromatic carbocycles. The highest BCUT2D eigenvalue weighted by atomic mass is 16.5. The average molecular weight is 351 g/mol. The van der Waals surface area contributed by atoms with Crippen LogP contribution in [0.1, 0.15) is 28.4 Å². The van der Waals surface area contributed by atoms with Crippen molar-refractivity contribution in [2.45, 2.75) is 26.2 Å². The molecule has 0 aliphatic rings. The van der Waals surface area contributed by atoms with Crippen LogP contribution in [0.3, 0.4) is 0 Å². The van der Waals surface area contributed by atoms with Gasteiger partial charge in [0.1, 0.15) is 11.7 Å². The number of ether oxygens (including phenoxy) is 1. The van der Waals surface area contributed by atoms with Gasteiger partial charge in [0.2, 0.25) is 5.91 Å². The van der Waals surface area contributed by atoms with Crippen LogP contribution in [0.15, 0.2) is 42.5 Å². The number of hydrogen-bond acceptors (Lipinski definition) is 5. The predicted molar refractivity (Wildman–Crippen MR) is 98.2 cm³/mol. The molecule has 0 fully saturated rings. The van der Waals surface area contributed by atoms with Gasteiger partial charge in [0.05, 0.1) is 7.11 Å². The molecular formula is C19H21N5O2. The summed E-state index contributed by atoms with van der Waals surface area (Å²) in [7, 11) is 1.62. The maximum Gasteiger partial charge on any atom is 0.235 e. The van der Waals surface area contributed by atoms with Crippen molar-refractivity contribution in [2.24, 2.45) is 0 Å². The molecule has 3 aromatic rings. The summed E-state index contributed by atoms with van der Waals surface area (Å²) < 4.78 is 5.18. The molecule has 134 valence electrons. The van der Waals surface area contributed by atoms with E-state index >= 15 is 0 Å². The van der Waals surface area contributed by atoms with E-state index in [1.807, 2.05) is 56.3 Å². The molecule has 0 bridgehead atoms. The molecule has 0 spiro atoms. The third kappa shape index (κ3) is 4.05. The number of tetrazole rings is 1. The Balaban J connectivity index is 1.82. The van der Waals surface area contributed by atoms with E-state index in [9.17, 15) is 4.79 Å². The lowest BCUT2D eigenvalue weighted by atomic mass is 9.97. The van der Waals surface area contributed by atoms with E-state index in [-0.39, 0.29) is 5.91 Å². The Morgan fingerprint density at radius 2 is 1.96 bits per heavy atom. The number of benzene rings is 2. The molecule has 0 aliphatic heterocycles. The SMILES string of the molecule is COc1ccc(C[C@H](C(=O)Nc2ccc(C)cc2C)c2nn[nH]n2)cc1. The van der Waals surface area contributed by atoms with Gasteiger partial charge < -0.3 is 10.1 Å². The van der Waals surface area contributed by atoms with Gasteiger partial charge in [-0.05, 0) is 49.6 Å². The van der Waals surface area contributed by atoms with E-state index in [2.05, 4.69) is 25.9 Å². The predicted octanol–water partition coefficient (Wildman–Crippen LogP) is 2.79. The molecule has 1 aromatic heterocycles. The number of carbonyl (C=O) groups excluding carboxylic acids is 1. The Kier molecular flexibility index (Phi) is 5.26. The number of amides is 1. The molecule has 26 heavy (non-hydrogen) atoms. The van der Waals surface area contributed by atoms with Gasteiger partial charge in [-0.2, -0.15) is 5.21 Å². The van der Waals surface area contributed by atoms with Gasteiger partial charge in [-0.15, -0.1) is 10.2 Å². The number of aryl methyl sites for hydroxylation is 2. The minimum atomic E-state index is -0.553. The summed E-state index contributed by atoms with van der Waals surface area (Å²) in [5.41, 5.74) is 3.92. The number of nitrogens with zero attached hydrogens (tertiary/aromatic N) is 3. The summed E-state index contributed by atoms with van der Waals surface area (Å²) >= 11 is 0. The Labute approximate surface area is 151 Å². The molecule has 1 heterocycles. The molecule has 0 aliphatic carbocycles. The van der Waals surface area contributed by atoms with Crippen molar-refractivity contribution in [3.8, 4) is 5.75 Å². The topological polar surface area (TPSA) is 92.8 Å². The summed E-state index contributed by atoms with van der Waals surface area (Å²) in [6.45, 7) is 3.99. The van der Waals surface area contributed by atoms with Crippen LogP contribution in [-0.2, 0) is 11.2 Å². The molecule has 0 unspecified atom stereocenters. The van der Waals surface area contributed by atoms with Crippen LogP contribution in [0.2, 0.25) is 0 Å². The van der Waals surface area contributed by atoms with Gasteiger partial charge in [-0.3, -0.25) is 4.79 Å². The first-order valence-corrected chi connectivity index (χ1v) is 8.31. The van der Waals surface area contributed by atoms with E-state index in [0.29, 0.717) is 12.2 Å². The molecular weight excluding hydrogens is 330 g/mol. The lowest BCUT2D eigenvalue weighted by molar-refractivity contribution is -0.117. The smallest absolute Gasteiger partial charge is 0.235 e. The quantitative estimate of drug-likeness (QED) is 0.712. The van der Waals surface area contributed by atoms with E-state index in [1.165, 1.54) is 0 Å². The zero-order chi connectivity index (χ0) is 18.5. The summed E-state index contributed by atoms with van der Waals surface area (Å²) in [4.78, 5) is 12.9. The molecule has 7 heteroatoms. The first kappa shape index (κ1) is 17.6. The minimum Gasteiger partial charge on any atom is -0.497 e. The van der Waals surface area contributed by atoms with Crippen molar-refractivity contribution >= 4 is 11.6 Å². The Morgan fingerprint density at radius 1 is 1.19 bits per heavy atom. The van der Waals surface area contributed by atoms with Gasteiger partial charge >= 0.3 is 0 Å². The van der Waals surface area contributed by atoms with Gasteiger partial charge in [0, 0.05) is 5.69 Å². The van der Waals surface area contributed by atoms with Gasteiger partial charge in [-0.25, -0.2) is 0 Å². The fourth-order valence-corrected chi connectivity index (χ4v) is 2.79. The molecule has 0 saturated heterocycles. The summed E-state index contributed by atoms with van der Waals surface area (Å²) in [5.74, 6) is 0.407. The number of H-pyrrole nitrogens is 1. The normalized spacial score (nSPS) is 11.8. The third-order valence-electron chi connectivity index (χ3n) is 4.23. The molecule has 0 radical (unpaired) electrons. The van der Waals surface area contributed by atoms with Crippen molar-refractivity contribution in [2.75, 3.05) is 12.4 Å². The number of aromatic nitrogens is 4. The monoisotopic (exact) mass is 351 g/mol. The lowest BCUT2D eigenvalue weighted by Gasteiger charge is -2.15. The molecule has 2 N–H and O–H groups in total. The van der Waals surface area contributed by atoms with Gasteiger partial charge in [0.15, 0.2) is 5.82 Å². The first-order valence-electron chi connectivity index (χ1n) is 8.31. The van der Waals surface area contributed by atoms with Crippen LogP contribution < -0.4 is 10.1 Å². The second-order valence-electron chi connectivity index (χ2n) is 6.18. The number of methoxy groups -OCH3 is 1. The largest absolute Gasteiger partial charge is 0.497 e. The first-order chi connectivity index (χ1) is 12.6. The van der Waals surface area contributed by atoms with Crippen molar-refractivity contribution in [1.29, 1.82) is 0 Å². The fourth-order valence-electron chi connectivity index (χ4n) is 2.79. The van der Waals surface area contributed by atoms with Crippen molar-refractivity contribution < 1.29 is 9.53 Å². The molecule has 1 atom stereocenters. The van der Waals surface area contributed by atoms with Crippen LogP contribution in [0.4, 0.5) is 5.69 Å². The summed E-state index contributed by atoms with van der Waals surface area (Å²) in [6, 6.07) is 13.5. The second kappa shape index (κ2) is 7.77. The van der Waals surface area contributed by atoms with Crippen LogP contribution in [0.5, 0.6) is 5.75 Å². The second-order valence-corrected chi connectivity index (χ2v) is 6.18. The number of nitrogens with one attached hydrogen (secondary N) is 2. The molecule has 3 rings (SSSR count). The number of aromatic amines is 1. The fraction of sp³-hybridized carbons (Fsp3) is 0.263. The van der Waals surface area contributed by atoms with Crippen molar-refractivity contribution in [3.05, 3.63) is 65.0 Å². The maximum atomic E-state index is 12.9. The molecule has 7 nitrogen and oxygen atoms in total. The van der Waals surface area contributed by atoms with Crippen LogP contribution >= 0.6 is 0 Å². The third-order valence-corrected chi connectivity index (χ3v) is 4.23. The van der Waals surface area contributed by atoms with Crippen LogP contribution in [-0.4, -0.2) is 33.6 Å². The van der Waals surface area contributed by atoms with Crippen molar-refractivity contribution in [3.63, 3.8) is 0 Å². The average Bonchev–Trinajstić information content (AvgIpc) is 3.16. The molecule has 1 amide bonds. The minimum absolute atomic E-state index is 0.172. The zero-order valence-corrected chi connectivity index (χ0v) is 15.0.